The number of hydrogen-bond donors (Lipinski definition) is 1. The molecule has 3 rings (SSSR count). The quantitative estimate of drug-likeness (QED) is 0.291. The molecule has 0 aliphatic heterocycles. The maximum Gasteiger partial charge on any atom is 0.243 e. The number of hydrogen-bond acceptors (Lipinski definition) is 3. The Morgan fingerprint density at radius 1 is 0.886 bits per heavy atom. The lowest BCUT2D eigenvalue weighted by Crippen LogP contribution is -2.51. The number of thioether (sulfide) groups is 1. The molecule has 0 radical (unpaired) electrons. The van der Waals surface area contributed by atoms with Gasteiger partial charge in [0, 0.05) is 30.3 Å². The zero-order valence-electron chi connectivity index (χ0n) is 19.3. The Balaban J connectivity index is 1.83. The van der Waals surface area contributed by atoms with Crippen molar-refractivity contribution < 1.29 is 9.59 Å². The first-order valence-electron chi connectivity index (χ1n) is 11.2. The van der Waals surface area contributed by atoms with Crippen LogP contribution < -0.4 is 5.32 Å². The van der Waals surface area contributed by atoms with Crippen LogP contribution in [0.1, 0.15) is 23.6 Å². The van der Waals surface area contributed by atoms with E-state index in [1.165, 1.54) is 11.8 Å². The lowest BCUT2D eigenvalue weighted by atomic mass is 10.0. The van der Waals surface area contributed by atoms with E-state index in [0.717, 1.165) is 16.7 Å². The van der Waals surface area contributed by atoms with Crippen LogP contribution in [-0.2, 0) is 28.3 Å². The van der Waals surface area contributed by atoms with Crippen molar-refractivity contribution in [3.8, 4) is 0 Å². The molecule has 3 aromatic rings. The van der Waals surface area contributed by atoms with Gasteiger partial charge in [0.1, 0.15) is 6.04 Å². The van der Waals surface area contributed by atoms with Gasteiger partial charge in [0.25, 0.3) is 0 Å². The molecule has 1 atom stereocenters. The third kappa shape index (κ3) is 8.18. The molecule has 1 unspecified atom stereocenters. The van der Waals surface area contributed by atoms with E-state index >= 15 is 0 Å². The molecule has 0 heterocycles. The second-order valence-corrected chi connectivity index (χ2v) is 10.2. The van der Waals surface area contributed by atoms with Gasteiger partial charge in [-0.05, 0) is 41.8 Å². The molecule has 0 aliphatic rings. The lowest BCUT2D eigenvalue weighted by molar-refractivity contribution is -0.139. The first-order valence-corrected chi connectivity index (χ1v) is 13.5. The van der Waals surface area contributed by atoms with Crippen molar-refractivity contribution in [1.82, 2.24) is 10.2 Å². The number of carbonyl (C=O) groups is 2. The van der Waals surface area contributed by atoms with E-state index in [-0.39, 0.29) is 24.1 Å². The van der Waals surface area contributed by atoms with Crippen LogP contribution in [0.5, 0.6) is 0 Å². The monoisotopic (exact) mass is 548 g/mol. The minimum absolute atomic E-state index is 0.137. The summed E-state index contributed by atoms with van der Waals surface area (Å²) in [4.78, 5) is 28.3. The zero-order valence-corrected chi connectivity index (χ0v) is 22.4. The normalized spacial score (nSPS) is 11.7. The fourth-order valence-corrected chi connectivity index (χ4v) is 5.00. The molecular weight excluding hydrogens is 523 g/mol. The third-order valence-corrected chi connectivity index (χ3v) is 7.50. The topological polar surface area (TPSA) is 49.4 Å². The van der Waals surface area contributed by atoms with Crippen molar-refractivity contribution in [3.63, 3.8) is 0 Å². The van der Waals surface area contributed by atoms with Crippen molar-refractivity contribution in [2.45, 2.75) is 31.7 Å². The van der Waals surface area contributed by atoms with Gasteiger partial charge in [0.15, 0.2) is 0 Å². The van der Waals surface area contributed by atoms with Crippen molar-refractivity contribution in [2.24, 2.45) is 0 Å². The minimum Gasteiger partial charge on any atom is -0.355 e. The number of amides is 2. The Hall–Kier alpha value is -2.18. The van der Waals surface area contributed by atoms with Gasteiger partial charge in [-0.3, -0.25) is 9.59 Å². The van der Waals surface area contributed by atoms with Gasteiger partial charge >= 0.3 is 0 Å². The number of nitrogens with zero attached hydrogens (tertiary/aromatic N) is 1. The van der Waals surface area contributed by atoms with Gasteiger partial charge in [0.05, 0.1) is 15.8 Å². The number of nitrogens with one attached hydrogen (secondary N) is 1. The highest BCUT2D eigenvalue weighted by molar-refractivity contribution is 7.99. The molecule has 2 amide bonds. The van der Waals surface area contributed by atoms with Crippen molar-refractivity contribution in [2.75, 3.05) is 12.3 Å². The van der Waals surface area contributed by atoms with Crippen molar-refractivity contribution in [3.05, 3.63) is 105 Å². The van der Waals surface area contributed by atoms with Crippen LogP contribution in [-0.4, -0.2) is 35.1 Å². The average Bonchev–Trinajstić information content (AvgIpc) is 2.85. The zero-order chi connectivity index (χ0) is 25.2. The molecular formula is C27H27Cl3N2O2S. The van der Waals surface area contributed by atoms with Crippen LogP contribution in [0.2, 0.25) is 15.1 Å². The molecule has 35 heavy (non-hydrogen) atoms. The summed E-state index contributed by atoms with van der Waals surface area (Å²) in [5, 5.41) is 4.43. The maximum absolute atomic E-state index is 13.5. The van der Waals surface area contributed by atoms with Crippen molar-refractivity contribution >= 4 is 58.4 Å². The molecule has 0 spiro atoms. The SMILES string of the molecule is CCNC(=O)C(Cc1ccccc1)N(Cc1ccccc1Cl)C(=O)CSCc1ccc(Cl)c(Cl)c1. The first kappa shape index (κ1) is 27.4. The average molecular weight is 550 g/mol. The Bertz CT molecular complexity index is 1140. The number of halogens is 3. The summed E-state index contributed by atoms with van der Waals surface area (Å²) in [7, 11) is 0. The minimum atomic E-state index is -0.674. The molecule has 0 bridgehead atoms. The molecule has 0 aliphatic carbocycles. The molecule has 0 saturated heterocycles. The molecule has 8 heteroatoms. The summed E-state index contributed by atoms with van der Waals surface area (Å²) >= 11 is 20.0. The highest BCUT2D eigenvalue weighted by Crippen LogP contribution is 2.26. The summed E-state index contributed by atoms with van der Waals surface area (Å²) in [5.74, 6) is 0.469. The summed E-state index contributed by atoms with van der Waals surface area (Å²) in [6.07, 6.45) is 0.403. The molecule has 4 nitrogen and oxygen atoms in total. The van der Waals surface area contributed by atoms with E-state index < -0.39 is 6.04 Å². The highest BCUT2D eigenvalue weighted by Gasteiger charge is 2.30. The van der Waals surface area contributed by atoms with Gasteiger partial charge in [-0.25, -0.2) is 0 Å². The molecule has 184 valence electrons. The van der Waals surface area contributed by atoms with E-state index in [1.807, 2.05) is 61.5 Å². The van der Waals surface area contributed by atoms with Crippen LogP contribution in [0.15, 0.2) is 72.8 Å². The molecule has 0 aromatic heterocycles. The molecule has 3 aromatic carbocycles. The van der Waals surface area contributed by atoms with E-state index in [4.69, 9.17) is 34.8 Å². The number of rotatable bonds is 11. The summed E-state index contributed by atoms with van der Waals surface area (Å²) < 4.78 is 0. The predicted molar refractivity (Wildman–Crippen MR) is 147 cm³/mol. The Morgan fingerprint density at radius 3 is 2.29 bits per heavy atom. The maximum atomic E-state index is 13.5. The first-order chi connectivity index (χ1) is 16.9. The highest BCUT2D eigenvalue weighted by atomic mass is 35.5. The van der Waals surface area contributed by atoms with E-state index in [9.17, 15) is 9.59 Å². The summed E-state index contributed by atoms with van der Waals surface area (Å²) in [6.45, 7) is 2.58. The number of benzene rings is 3. The largest absolute Gasteiger partial charge is 0.355 e. The second kappa shape index (κ2) is 13.8. The van der Waals surface area contributed by atoms with Crippen LogP contribution in [0.25, 0.3) is 0 Å². The molecule has 1 N–H and O–H groups in total. The fourth-order valence-electron chi connectivity index (χ4n) is 3.62. The fraction of sp³-hybridized carbons (Fsp3) is 0.259. The Kier molecular flexibility index (Phi) is 10.8. The standard InChI is InChI=1S/C27H27Cl3N2O2S/c1-2-31-27(34)25(15-19-8-4-3-5-9-19)32(16-21-10-6-7-11-22(21)28)26(33)18-35-17-20-12-13-23(29)24(30)14-20/h3-14,25H,2,15-18H2,1H3,(H,31,34). The molecule has 0 saturated carbocycles. The van der Waals surface area contributed by atoms with Crippen molar-refractivity contribution in [1.29, 1.82) is 0 Å². The van der Waals surface area contributed by atoms with Crippen LogP contribution in [0.4, 0.5) is 0 Å². The van der Waals surface area contributed by atoms with Gasteiger partial charge in [-0.2, -0.15) is 0 Å². The van der Waals surface area contributed by atoms with Gasteiger partial charge in [-0.15, -0.1) is 11.8 Å². The van der Waals surface area contributed by atoms with Gasteiger partial charge in [0.2, 0.25) is 11.8 Å². The molecule has 0 fully saturated rings. The van der Waals surface area contributed by atoms with E-state index in [2.05, 4.69) is 5.32 Å². The second-order valence-electron chi connectivity index (χ2n) is 7.95. The number of carbonyl (C=O) groups excluding carboxylic acids is 2. The van der Waals surface area contributed by atoms with Gasteiger partial charge < -0.3 is 10.2 Å². The van der Waals surface area contributed by atoms with Crippen LogP contribution >= 0.6 is 46.6 Å². The third-order valence-electron chi connectivity index (χ3n) is 5.40. The van der Waals surface area contributed by atoms with Gasteiger partial charge in [-0.1, -0.05) is 89.4 Å². The Morgan fingerprint density at radius 2 is 1.60 bits per heavy atom. The van der Waals surface area contributed by atoms with E-state index in [0.29, 0.717) is 33.8 Å². The summed E-state index contributed by atoms with van der Waals surface area (Å²) in [5.41, 5.74) is 2.74. The van der Waals surface area contributed by atoms with E-state index in [1.54, 1.807) is 23.1 Å². The van der Waals surface area contributed by atoms with Crippen LogP contribution in [0.3, 0.4) is 0 Å². The predicted octanol–water partition coefficient (Wildman–Crippen LogP) is 6.66. The summed E-state index contributed by atoms with van der Waals surface area (Å²) in [6, 6.07) is 21.9. The Labute approximate surface area is 225 Å². The van der Waals surface area contributed by atoms with Crippen LogP contribution in [0, 0.1) is 0 Å². The lowest BCUT2D eigenvalue weighted by Gasteiger charge is -2.31. The smallest absolute Gasteiger partial charge is 0.243 e. The number of likely N-dealkylation sites (N-methyl/N-ethyl adjacent to an activating group) is 1.